The topological polar surface area (TPSA) is 59.8 Å². The Morgan fingerprint density at radius 3 is 2.33 bits per heavy atom. The molecule has 3 heterocycles. The number of H-pyrrole nitrogens is 1. The van der Waals surface area contributed by atoms with Crippen LogP contribution in [0.15, 0.2) is 58.1 Å². The summed E-state index contributed by atoms with van der Waals surface area (Å²) in [6.07, 6.45) is 0. The maximum atomic E-state index is 13.2. The molecular formula is C24H21N3O2S. The summed E-state index contributed by atoms with van der Waals surface area (Å²) < 4.78 is 2.69. The number of hydrogen-bond donors (Lipinski definition) is 1. The van der Waals surface area contributed by atoms with Crippen LogP contribution in [0.4, 0.5) is 0 Å². The molecule has 150 valence electrons. The second kappa shape index (κ2) is 6.57. The fourth-order valence-electron chi connectivity index (χ4n) is 4.23. The molecule has 0 saturated carbocycles. The summed E-state index contributed by atoms with van der Waals surface area (Å²) >= 11 is 1.71. The Morgan fingerprint density at radius 2 is 1.63 bits per heavy atom. The lowest BCUT2D eigenvalue weighted by molar-refractivity contribution is 0.710. The van der Waals surface area contributed by atoms with Gasteiger partial charge in [0.2, 0.25) is 0 Å². The molecule has 3 aromatic heterocycles. The van der Waals surface area contributed by atoms with Crippen molar-refractivity contribution in [3.63, 3.8) is 0 Å². The van der Waals surface area contributed by atoms with Gasteiger partial charge in [0.25, 0.3) is 5.56 Å². The average Bonchev–Trinajstić information content (AvgIpc) is 3.29. The van der Waals surface area contributed by atoms with E-state index in [1.54, 1.807) is 18.4 Å². The smallest absolute Gasteiger partial charge is 0.332 e. The highest BCUT2D eigenvalue weighted by molar-refractivity contribution is 7.12. The largest absolute Gasteiger partial charge is 0.340 e. The van der Waals surface area contributed by atoms with Crippen LogP contribution in [0.1, 0.15) is 9.75 Å². The van der Waals surface area contributed by atoms with Crippen LogP contribution in [-0.2, 0) is 14.1 Å². The monoisotopic (exact) mass is 415 g/mol. The summed E-state index contributed by atoms with van der Waals surface area (Å²) in [6, 6.07) is 16.6. The first-order valence-electron chi connectivity index (χ1n) is 9.75. The highest BCUT2D eigenvalue weighted by Crippen LogP contribution is 2.41. The molecule has 0 radical (unpaired) electrons. The van der Waals surface area contributed by atoms with Gasteiger partial charge in [-0.2, -0.15) is 0 Å². The minimum absolute atomic E-state index is 0.283. The van der Waals surface area contributed by atoms with Gasteiger partial charge in [-0.05, 0) is 47.9 Å². The third kappa shape index (κ3) is 2.60. The summed E-state index contributed by atoms with van der Waals surface area (Å²) in [5.41, 5.74) is 3.65. The first kappa shape index (κ1) is 18.6. The summed E-state index contributed by atoms with van der Waals surface area (Å²) in [4.78, 5) is 31.5. The molecular weight excluding hydrogens is 394 g/mol. The van der Waals surface area contributed by atoms with E-state index in [1.165, 1.54) is 21.1 Å². The summed E-state index contributed by atoms with van der Waals surface area (Å²) in [5, 5.41) is 2.83. The standard InChI is InChI=1S/C24H21N3O2S/c1-13-11-18(14(2)30-13)19-20-22(26(3)24(29)27(4)23(20)28)25-21(19)17-10-9-15-7-5-6-8-16(15)12-17/h5-12,25H,1-4H3. The molecule has 5 rings (SSSR count). The number of benzene rings is 2. The molecule has 0 saturated heterocycles. The van der Waals surface area contributed by atoms with Crippen LogP contribution in [-0.4, -0.2) is 14.1 Å². The lowest BCUT2D eigenvalue weighted by Crippen LogP contribution is -2.36. The molecule has 0 spiro atoms. The molecule has 5 aromatic rings. The normalized spacial score (nSPS) is 11.6. The molecule has 0 fully saturated rings. The van der Waals surface area contributed by atoms with Crippen molar-refractivity contribution >= 4 is 33.1 Å². The fraction of sp³-hybridized carbons (Fsp3) is 0.167. The Kier molecular flexibility index (Phi) is 4.08. The highest BCUT2D eigenvalue weighted by atomic mass is 32.1. The maximum absolute atomic E-state index is 13.2. The SMILES string of the molecule is Cc1cc(-c2c(-c3ccc4ccccc4c3)[nH]c3c2c(=O)n(C)c(=O)n3C)c(C)s1. The van der Waals surface area contributed by atoms with Gasteiger partial charge in [0.15, 0.2) is 0 Å². The van der Waals surface area contributed by atoms with Crippen LogP contribution in [0, 0.1) is 13.8 Å². The van der Waals surface area contributed by atoms with E-state index < -0.39 is 0 Å². The van der Waals surface area contributed by atoms with E-state index in [0.29, 0.717) is 11.0 Å². The predicted octanol–water partition coefficient (Wildman–Crippen LogP) is 4.73. The van der Waals surface area contributed by atoms with Crippen molar-refractivity contribution in [2.45, 2.75) is 13.8 Å². The van der Waals surface area contributed by atoms with E-state index in [1.807, 2.05) is 12.1 Å². The molecule has 0 bridgehead atoms. The highest BCUT2D eigenvalue weighted by Gasteiger charge is 2.23. The van der Waals surface area contributed by atoms with Crippen LogP contribution in [0.2, 0.25) is 0 Å². The number of aryl methyl sites for hydroxylation is 3. The predicted molar refractivity (Wildman–Crippen MR) is 125 cm³/mol. The molecule has 0 atom stereocenters. The molecule has 0 amide bonds. The number of hydrogen-bond acceptors (Lipinski definition) is 3. The van der Waals surface area contributed by atoms with Crippen LogP contribution in [0.5, 0.6) is 0 Å². The molecule has 0 unspecified atom stereocenters. The third-order valence-electron chi connectivity index (χ3n) is 5.76. The van der Waals surface area contributed by atoms with Crippen molar-refractivity contribution in [3.8, 4) is 22.4 Å². The van der Waals surface area contributed by atoms with Crippen molar-refractivity contribution < 1.29 is 0 Å². The average molecular weight is 416 g/mol. The first-order chi connectivity index (χ1) is 14.4. The number of fused-ring (bicyclic) bond motifs is 2. The number of nitrogens with zero attached hydrogens (tertiary/aromatic N) is 2. The first-order valence-corrected chi connectivity index (χ1v) is 10.6. The number of rotatable bonds is 2. The molecule has 6 heteroatoms. The van der Waals surface area contributed by atoms with E-state index in [-0.39, 0.29) is 11.2 Å². The van der Waals surface area contributed by atoms with Gasteiger partial charge in [0.1, 0.15) is 5.65 Å². The van der Waals surface area contributed by atoms with Gasteiger partial charge >= 0.3 is 5.69 Å². The van der Waals surface area contributed by atoms with Gasteiger partial charge in [-0.25, -0.2) is 4.79 Å². The van der Waals surface area contributed by atoms with Gasteiger partial charge in [-0.3, -0.25) is 13.9 Å². The van der Waals surface area contributed by atoms with Crippen LogP contribution >= 0.6 is 11.3 Å². The van der Waals surface area contributed by atoms with E-state index in [0.717, 1.165) is 38.0 Å². The van der Waals surface area contributed by atoms with Crippen molar-refractivity contribution in [2.75, 3.05) is 0 Å². The molecule has 5 nitrogen and oxygen atoms in total. The van der Waals surface area contributed by atoms with Crippen molar-refractivity contribution in [3.05, 3.63) is 79.1 Å². The van der Waals surface area contributed by atoms with Crippen LogP contribution in [0.3, 0.4) is 0 Å². The Balaban J connectivity index is 1.96. The fourth-order valence-corrected chi connectivity index (χ4v) is 5.16. The molecule has 1 N–H and O–H groups in total. The van der Waals surface area contributed by atoms with Gasteiger partial charge in [-0.1, -0.05) is 36.4 Å². The Hall–Kier alpha value is -3.38. The molecule has 0 aliphatic rings. The second-order valence-electron chi connectivity index (χ2n) is 7.69. The van der Waals surface area contributed by atoms with Crippen LogP contribution < -0.4 is 11.2 Å². The number of nitrogens with one attached hydrogen (secondary N) is 1. The summed E-state index contributed by atoms with van der Waals surface area (Å²) in [5.74, 6) is 0. The number of aromatic amines is 1. The van der Waals surface area contributed by atoms with Gasteiger partial charge in [0.05, 0.1) is 11.1 Å². The van der Waals surface area contributed by atoms with Crippen molar-refractivity contribution in [1.29, 1.82) is 0 Å². The molecule has 0 aliphatic heterocycles. The second-order valence-corrected chi connectivity index (χ2v) is 9.15. The Morgan fingerprint density at radius 1 is 0.900 bits per heavy atom. The Labute approximate surface area is 176 Å². The van der Waals surface area contributed by atoms with Crippen molar-refractivity contribution in [1.82, 2.24) is 14.1 Å². The minimum atomic E-state index is -0.344. The van der Waals surface area contributed by atoms with Gasteiger partial charge in [0, 0.05) is 29.4 Å². The molecule has 30 heavy (non-hydrogen) atoms. The van der Waals surface area contributed by atoms with E-state index in [2.05, 4.69) is 55.2 Å². The number of aromatic nitrogens is 3. The Bertz CT molecular complexity index is 1580. The zero-order valence-electron chi connectivity index (χ0n) is 17.2. The molecule has 0 aliphatic carbocycles. The lowest BCUT2D eigenvalue weighted by Gasteiger charge is -2.07. The quantitative estimate of drug-likeness (QED) is 0.453. The minimum Gasteiger partial charge on any atom is -0.340 e. The zero-order chi connectivity index (χ0) is 21.2. The maximum Gasteiger partial charge on any atom is 0.332 e. The lowest BCUT2D eigenvalue weighted by atomic mass is 9.98. The van der Waals surface area contributed by atoms with Gasteiger partial charge in [-0.15, -0.1) is 11.3 Å². The van der Waals surface area contributed by atoms with Crippen molar-refractivity contribution in [2.24, 2.45) is 14.1 Å². The third-order valence-corrected chi connectivity index (χ3v) is 6.72. The summed E-state index contributed by atoms with van der Waals surface area (Å²) in [7, 11) is 3.22. The van der Waals surface area contributed by atoms with Gasteiger partial charge < -0.3 is 4.98 Å². The zero-order valence-corrected chi connectivity index (χ0v) is 18.1. The van der Waals surface area contributed by atoms with E-state index >= 15 is 0 Å². The van der Waals surface area contributed by atoms with Crippen LogP contribution in [0.25, 0.3) is 44.2 Å². The van der Waals surface area contributed by atoms with E-state index in [9.17, 15) is 9.59 Å². The molecule has 2 aromatic carbocycles. The van der Waals surface area contributed by atoms with E-state index in [4.69, 9.17) is 0 Å². The number of thiophene rings is 1. The summed E-state index contributed by atoms with van der Waals surface area (Å²) in [6.45, 7) is 4.14.